The van der Waals surface area contributed by atoms with Gasteiger partial charge in [0.15, 0.2) is 5.76 Å². The first kappa shape index (κ1) is 16.1. The zero-order valence-corrected chi connectivity index (χ0v) is 13.7. The van der Waals surface area contributed by atoms with Crippen LogP contribution in [-0.4, -0.2) is 16.8 Å². The molecule has 124 valence electrons. The van der Waals surface area contributed by atoms with Crippen molar-refractivity contribution in [2.45, 2.75) is 32.4 Å². The van der Waals surface area contributed by atoms with Gasteiger partial charge in [0.2, 0.25) is 0 Å². The van der Waals surface area contributed by atoms with Crippen molar-refractivity contribution >= 4 is 5.91 Å². The highest BCUT2D eigenvalue weighted by Gasteiger charge is 2.24. The molecular formula is C20H21NO3. The lowest BCUT2D eigenvalue weighted by molar-refractivity contribution is 0.0619. The lowest BCUT2D eigenvalue weighted by Crippen LogP contribution is -2.38. The molecule has 1 atom stereocenters. The molecule has 0 aliphatic heterocycles. The zero-order valence-electron chi connectivity index (χ0n) is 13.7. The summed E-state index contributed by atoms with van der Waals surface area (Å²) in [5.41, 5.74) is 1.27. The van der Waals surface area contributed by atoms with Crippen molar-refractivity contribution in [3.05, 3.63) is 84.2 Å². The monoisotopic (exact) mass is 323 g/mol. The van der Waals surface area contributed by atoms with Crippen molar-refractivity contribution in [1.29, 1.82) is 0 Å². The maximum atomic E-state index is 12.8. The molecular weight excluding hydrogens is 302 g/mol. The average molecular weight is 323 g/mol. The lowest BCUT2D eigenvalue weighted by Gasteiger charge is -2.28. The summed E-state index contributed by atoms with van der Waals surface area (Å²) in [6, 6.07) is 17.5. The highest BCUT2D eigenvalue weighted by atomic mass is 16.3. The highest BCUT2D eigenvalue weighted by Crippen LogP contribution is 2.17. The van der Waals surface area contributed by atoms with Crippen molar-refractivity contribution < 1.29 is 13.6 Å². The maximum Gasteiger partial charge on any atom is 0.290 e. The fourth-order valence-corrected chi connectivity index (χ4v) is 2.72. The van der Waals surface area contributed by atoms with E-state index in [9.17, 15) is 4.79 Å². The molecule has 0 unspecified atom stereocenters. The first-order valence-corrected chi connectivity index (χ1v) is 8.15. The molecule has 0 N–H and O–H groups in total. The third-order valence-corrected chi connectivity index (χ3v) is 4.12. The Morgan fingerprint density at radius 2 is 1.75 bits per heavy atom. The Labute approximate surface area is 141 Å². The van der Waals surface area contributed by atoms with E-state index in [0.29, 0.717) is 12.3 Å². The standard InChI is InChI=1S/C20H21NO3/c1-16(11-12-17-7-3-2-4-8-17)21(15-18-9-5-13-23-18)20(22)19-10-6-14-24-19/h2-10,13-14,16H,11-12,15H2,1H3/t16-/m1/s1. The van der Waals surface area contributed by atoms with Gasteiger partial charge in [0, 0.05) is 6.04 Å². The van der Waals surface area contributed by atoms with Gasteiger partial charge in [0.1, 0.15) is 5.76 Å². The van der Waals surface area contributed by atoms with Gasteiger partial charge in [-0.2, -0.15) is 0 Å². The topological polar surface area (TPSA) is 46.6 Å². The molecule has 4 heteroatoms. The number of benzene rings is 1. The molecule has 1 amide bonds. The second-order valence-electron chi connectivity index (χ2n) is 5.86. The highest BCUT2D eigenvalue weighted by molar-refractivity contribution is 5.91. The summed E-state index contributed by atoms with van der Waals surface area (Å²) in [6.45, 7) is 2.50. The number of aryl methyl sites for hydroxylation is 1. The zero-order chi connectivity index (χ0) is 16.8. The van der Waals surface area contributed by atoms with Gasteiger partial charge < -0.3 is 13.7 Å². The van der Waals surface area contributed by atoms with Crippen LogP contribution in [0.25, 0.3) is 0 Å². The Bertz CT molecular complexity index is 733. The van der Waals surface area contributed by atoms with Crippen molar-refractivity contribution in [2.24, 2.45) is 0 Å². The molecule has 0 aliphatic carbocycles. The molecule has 0 saturated heterocycles. The number of carbonyl (C=O) groups excluding carboxylic acids is 1. The number of carbonyl (C=O) groups is 1. The van der Waals surface area contributed by atoms with Crippen LogP contribution in [-0.2, 0) is 13.0 Å². The minimum atomic E-state index is -0.114. The number of hydrogen-bond acceptors (Lipinski definition) is 3. The Balaban J connectivity index is 1.71. The van der Waals surface area contributed by atoms with E-state index in [1.807, 2.05) is 30.3 Å². The van der Waals surface area contributed by atoms with Gasteiger partial charge >= 0.3 is 0 Å². The van der Waals surface area contributed by atoms with Crippen LogP contribution in [0.4, 0.5) is 0 Å². The molecule has 0 fully saturated rings. The van der Waals surface area contributed by atoms with Crippen LogP contribution in [0.1, 0.15) is 35.2 Å². The van der Waals surface area contributed by atoms with Gasteiger partial charge in [0.05, 0.1) is 19.1 Å². The largest absolute Gasteiger partial charge is 0.467 e. The molecule has 0 aliphatic rings. The van der Waals surface area contributed by atoms with Crippen molar-refractivity contribution in [3.8, 4) is 0 Å². The lowest BCUT2D eigenvalue weighted by atomic mass is 10.0. The van der Waals surface area contributed by atoms with Crippen molar-refractivity contribution in [3.63, 3.8) is 0 Å². The molecule has 24 heavy (non-hydrogen) atoms. The second-order valence-corrected chi connectivity index (χ2v) is 5.86. The molecule has 4 nitrogen and oxygen atoms in total. The Hall–Kier alpha value is -2.75. The fraction of sp³-hybridized carbons (Fsp3) is 0.250. The Morgan fingerprint density at radius 3 is 2.42 bits per heavy atom. The molecule has 0 radical (unpaired) electrons. The van der Waals surface area contributed by atoms with Crippen LogP contribution in [0, 0.1) is 0 Å². The number of furan rings is 2. The number of rotatable bonds is 7. The average Bonchev–Trinajstić information content (AvgIpc) is 3.31. The predicted octanol–water partition coefficient (Wildman–Crippen LogP) is 4.54. The van der Waals surface area contributed by atoms with Crippen LogP contribution in [0.3, 0.4) is 0 Å². The minimum Gasteiger partial charge on any atom is -0.467 e. The summed E-state index contributed by atoms with van der Waals surface area (Å²) in [7, 11) is 0. The van der Waals surface area contributed by atoms with E-state index >= 15 is 0 Å². The summed E-state index contributed by atoms with van der Waals surface area (Å²) in [4.78, 5) is 14.6. The van der Waals surface area contributed by atoms with E-state index in [1.165, 1.54) is 11.8 Å². The Morgan fingerprint density at radius 1 is 1.00 bits per heavy atom. The first-order chi connectivity index (χ1) is 11.7. The van der Waals surface area contributed by atoms with Gasteiger partial charge in [-0.15, -0.1) is 0 Å². The molecule has 3 aromatic rings. The molecule has 0 spiro atoms. The van der Waals surface area contributed by atoms with Gasteiger partial charge in [-0.1, -0.05) is 30.3 Å². The fourth-order valence-electron chi connectivity index (χ4n) is 2.72. The molecule has 0 saturated carbocycles. The van der Waals surface area contributed by atoms with E-state index < -0.39 is 0 Å². The van der Waals surface area contributed by atoms with Gasteiger partial charge in [-0.3, -0.25) is 4.79 Å². The smallest absolute Gasteiger partial charge is 0.290 e. The summed E-state index contributed by atoms with van der Waals surface area (Å²) in [5.74, 6) is 1.01. The van der Waals surface area contributed by atoms with E-state index in [2.05, 4.69) is 19.1 Å². The van der Waals surface area contributed by atoms with E-state index in [-0.39, 0.29) is 11.9 Å². The molecule has 2 heterocycles. The number of amides is 1. The molecule has 3 rings (SSSR count). The van der Waals surface area contributed by atoms with Crippen LogP contribution in [0.5, 0.6) is 0 Å². The third-order valence-electron chi connectivity index (χ3n) is 4.12. The minimum absolute atomic E-state index is 0.0629. The SMILES string of the molecule is C[C@H](CCc1ccccc1)N(Cc1ccco1)C(=O)c1ccco1. The predicted molar refractivity (Wildman–Crippen MR) is 91.5 cm³/mol. The van der Waals surface area contributed by atoms with Crippen LogP contribution in [0.2, 0.25) is 0 Å². The van der Waals surface area contributed by atoms with E-state index in [1.54, 1.807) is 23.3 Å². The number of hydrogen-bond donors (Lipinski definition) is 0. The van der Waals surface area contributed by atoms with Crippen LogP contribution in [0.15, 0.2) is 76.0 Å². The van der Waals surface area contributed by atoms with Crippen LogP contribution >= 0.6 is 0 Å². The quantitative estimate of drug-likeness (QED) is 0.641. The van der Waals surface area contributed by atoms with E-state index in [0.717, 1.165) is 18.6 Å². The Kier molecular flexibility index (Phi) is 5.16. The first-order valence-electron chi connectivity index (χ1n) is 8.15. The van der Waals surface area contributed by atoms with Crippen molar-refractivity contribution in [1.82, 2.24) is 4.90 Å². The molecule has 2 aromatic heterocycles. The van der Waals surface area contributed by atoms with Crippen LogP contribution < -0.4 is 0 Å². The number of nitrogens with zero attached hydrogens (tertiary/aromatic N) is 1. The van der Waals surface area contributed by atoms with Gasteiger partial charge in [-0.25, -0.2) is 0 Å². The third kappa shape index (κ3) is 3.96. The summed E-state index contributed by atoms with van der Waals surface area (Å²) in [6.07, 6.45) is 4.94. The summed E-state index contributed by atoms with van der Waals surface area (Å²) < 4.78 is 10.7. The maximum absolute atomic E-state index is 12.8. The van der Waals surface area contributed by atoms with E-state index in [4.69, 9.17) is 8.83 Å². The molecule has 0 bridgehead atoms. The summed E-state index contributed by atoms with van der Waals surface area (Å²) >= 11 is 0. The summed E-state index contributed by atoms with van der Waals surface area (Å²) in [5, 5.41) is 0. The van der Waals surface area contributed by atoms with Gasteiger partial charge in [0.25, 0.3) is 5.91 Å². The van der Waals surface area contributed by atoms with Gasteiger partial charge in [-0.05, 0) is 49.6 Å². The normalized spacial score (nSPS) is 12.0. The van der Waals surface area contributed by atoms with Crippen molar-refractivity contribution in [2.75, 3.05) is 0 Å². The second kappa shape index (κ2) is 7.68. The molecule has 1 aromatic carbocycles.